The second-order valence-electron chi connectivity index (χ2n) is 9.41. The Bertz CT molecular complexity index is 1730. The van der Waals surface area contributed by atoms with Gasteiger partial charge < -0.3 is 21.8 Å². The van der Waals surface area contributed by atoms with Crippen LogP contribution >= 0.6 is 11.6 Å². The summed E-state index contributed by atoms with van der Waals surface area (Å²) in [6.07, 6.45) is 10.1. The fraction of sp³-hybridized carbons (Fsp3) is 0.214. The third kappa shape index (κ3) is 6.37. The number of aromatic nitrogens is 6. The van der Waals surface area contributed by atoms with Crippen LogP contribution in [0.3, 0.4) is 0 Å². The molecule has 0 saturated heterocycles. The molecule has 0 aliphatic heterocycles. The van der Waals surface area contributed by atoms with Crippen LogP contribution in [0.5, 0.6) is 0 Å². The number of aromatic amines is 1. The Morgan fingerprint density at radius 2 is 1.40 bits per heavy atom. The van der Waals surface area contributed by atoms with E-state index in [-0.39, 0.29) is 16.3 Å². The Morgan fingerprint density at radius 3 is 1.98 bits per heavy atom. The summed E-state index contributed by atoms with van der Waals surface area (Å²) in [4.78, 5) is 16.8. The second kappa shape index (κ2) is 13.7. The summed E-state index contributed by atoms with van der Waals surface area (Å²) in [6.45, 7) is 0. The zero-order valence-corrected chi connectivity index (χ0v) is 23.4. The third-order valence-corrected chi connectivity index (χ3v) is 7.21. The number of rotatable bonds is 4. The van der Waals surface area contributed by atoms with Crippen LogP contribution in [-0.4, -0.2) is 35.6 Å². The topological polar surface area (TPSA) is 238 Å². The molecule has 0 spiro atoms. The van der Waals surface area contributed by atoms with Crippen molar-refractivity contribution < 1.29 is 5.48 Å². The predicted molar refractivity (Wildman–Crippen MR) is 163 cm³/mol. The highest BCUT2D eigenvalue weighted by Crippen LogP contribution is 2.31. The number of hydrogen-bond acceptors (Lipinski definition) is 11. The Hall–Kier alpha value is -4.87. The molecule has 42 heavy (non-hydrogen) atoms. The highest BCUT2D eigenvalue weighted by atomic mass is 35.5. The van der Waals surface area contributed by atoms with Gasteiger partial charge in [-0.3, -0.25) is 16.8 Å². The minimum atomic E-state index is 0. The molecule has 0 fully saturated rings. The van der Waals surface area contributed by atoms with Crippen LogP contribution in [0.15, 0.2) is 48.8 Å². The summed E-state index contributed by atoms with van der Waals surface area (Å²) >= 11 is 5.88. The predicted octanol–water partition coefficient (Wildman–Crippen LogP) is 3.40. The SMILES string of the molecule is N#Cc1ncc(Nc2cccc3c2CCC3)nc1Cl.NN.Nc1[nH]nc2nc(Nc3cccc4c3CCC4)cnc12.O. The fourth-order valence-corrected chi connectivity index (χ4v) is 5.31. The number of anilines is 5. The molecule has 0 atom stereocenters. The molecule has 3 aromatic heterocycles. The van der Waals surface area contributed by atoms with Crippen LogP contribution in [0.2, 0.25) is 5.15 Å². The smallest absolute Gasteiger partial charge is 0.203 e. The Kier molecular flexibility index (Phi) is 9.79. The number of nitrogen functional groups attached to an aromatic ring is 1. The molecule has 2 aliphatic carbocycles. The first kappa shape index (κ1) is 30.1. The van der Waals surface area contributed by atoms with E-state index in [4.69, 9.17) is 22.6 Å². The van der Waals surface area contributed by atoms with E-state index >= 15 is 0 Å². The summed E-state index contributed by atoms with van der Waals surface area (Å²) in [7, 11) is 0. The Labute approximate surface area is 246 Å². The van der Waals surface area contributed by atoms with Crippen molar-refractivity contribution in [1.82, 2.24) is 30.1 Å². The fourth-order valence-electron chi connectivity index (χ4n) is 5.12. The van der Waals surface area contributed by atoms with Crippen LogP contribution in [0, 0.1) is 11.3 Å². The van der Waals surface area contributed by atoms with Crippen LogP contribution in [-0.2, 0) is 25.7 Å². The lowest BCUT2D eigenvalue weighted by molar-refractivity contribution is 0.824. The summed E-state index contributed by atoms with van der Waals surface area (Å²) in [5.41, 5.74) is 14.7. The molecule has 0 unspecified atom stereocenters. The highest BCUT2D eigenvalue weighted by molar-refractivity contribution is 6.30. The van der Waals surface area contributed by atoms with Crippen molar-refractivity contribution >= 4 is 51.6 Å². The van der Waals surface area contributed by atoms with Gasteiger partial charge in [-0.25, -0.2) is 19.9 Å². The minimum Gasteiger partial charge on any atom is -0.412 e. The number of nitrogens with zero attached hydrogens (tertiary/aromatic N) is 6. The van der Waals surface area contributed by atoms with Gasteiger partial charge >= 0.3 is 0 Å². The summed E-state index contributed by atoms with van der Waals surface area (Å²) in [6, 6.07) is 14.5. The molecule has 0 radical (unpaired) electrons. The average molecular weight is 587 g/mol. The molecule has 7 rings (SSSR count). The van der Waals surface area contributed by atoms with Gasteiger partial charge in [0.25, 0.3) is 0 Å². The van der Waals surface area contributed by atoms with Crippen LogP contribution in [0.1, 0.15) is 40.8 Å². The first-order valence-corrected chi connectivity index (χ1v) is 13.4. The van der Waals surface area contributed by atoms with Gasteiger partial charge in [0.05, 0.1) is 12.4 Å². The summed E-state index contributed by atoms with van der Waals surface area (Å²) in [5.74, 6) is 9.69. The molecule has 216 valence electrons. The van der Waals surface area contributed by atoms with Crippen molar-refractivity contribution in [3.63, 3.8) is 0 Å². The summed E-state index contributed by atoms with van der Waals surface area (Å²) in [5, 5.41) is 22.2. The molecule has 11 N–H and O–H groups in total. The molecule has 13 nitrogen and oxygen atoms in total. The van der Waals surface area contributed by atoms with Crippen molar-refractivity contribution in [2.75, 3.05) is 16.4 Å². The molecule has 3 heterocycles. The maximum Gasteiger partial charge on any atom is 0.203 e. The normalized spacial score (nSPS) is 12.4. The molecule has 0 amide bonds. The molecule has 14 heteroatoms. The maximum absolute atomic E-state index is 8.77. The second-order valence-corrected chi connectivity index (χ2v) is 9.77. The van der Waals surface area contributed by atoms with Crippen molar-refractivity contribution in [2.45, 2.75) is 38.5 Å². The summed E-state index contributed by atoms with van der Waals surface area (Å²) < 4.78 is 0. The van der Waals surface area contributed by atoms with Gasteiger partial charge in [-0.1, -0.05) is 35.9 Å². The number of nitrogens with two attached hydrogens (primary N) is 3. The van der Waals surface area contributed by atoms with Gasteiger partial charge in [0, 0.05) is 11.4 Å². The van der Waals surface area contributed by atoms with Gasteiger partial charge in [-0.05, 0) is 72.9 Å². The Morgan fingerprint density at radius 1 is 0.833 bits per heavy atom. The van der Waals surface area contributed by atoms with E-state index in [1.54, 1.807) is 6.20 Å². The lowest BCUT2D eigenvalue weighted by atomic mass is 10.1. The molecule has 0 saturated carbocycles. The zero-order chi connectivity index (χ0) is 28.8. The van der Waals surface area contributed by atoms with Gasteiger partial charge in [0.2, 0.25) is 5.65 Å². The van der Waals surface area contributed by atoms with Crippen LogP contribution in [0.25, 0.3) is 11.2 Å². The van der Waals surface area contributed by atoms with E-state index in [2.05, 4.69) is 76.7 Å². The number of aryl methyl sites for hydroxylation is 2. The highest BCUT2D eigenvalue weighted by Gasteiger charge is 2.16. The van der Waals surface area contributed by atoms with Gasteiger partial charge in [-0.2, -0.15) is 10.4 Å². The van der Waals surface area contributed by atoms with Gasteiger partial charge in [-0.15, -0.1) is 0 Å². The van der Waals surface area contributed by atoms with E-state index in [1.807, 2.05) is 18.2 Å². The quantitative estimate of drug-likeness (QED) is 0.132. The number of hydrazine groups is 1. The van der Waals surface area contributed by atoms with E-state index in [1.165, 1.54) is 41.3 Å². The molecule has 2 aliphatic rings. The Balaban J connectivity index is 0.000000179. The number of hydrogen-bond donors (Lipinski definition) is 6. The number of H-pyrrole nitrogens is 1. The van der Waals surface area contributed by atoms with E-state index < -0.39 is 0 Å². The maximum atomic E-state index is 8.77. The molecular weight excluding hydrogens is 556 g/mol. The molecule has 5 aromatic rings. The average Bonchev–Trinajstić information content (AvgIpc) is 3.76. The van der Waals surface area contributed by atoms with Crippen molar-refractivity contribution in [3.05, 3.63) is 81.9 Å². The molecular formula is C28H31ClN12O. The van der Waals surface area contributed by atoms with Crippen molar-refractivity contribution in [1.29, 1.82) is 5.26 Å². The number of benzene rings is 2. The van der Waals surface area contributed by atoms with E-state index in [0.717, 1.165) is 37.1 Å². The number of nitriles is 1. The van der Waals surface area contributed by atoms with Gasteiger partial charge in [0.15, 0.2) is 28.0 Å². The first-order valence-electron chi connectivity index (χ1n) is 13.1. The van der Waals surface area contributed by atoms with Crippen LogP contribution < -0.4 is 28.1 Å². The van der Waals surface area contributed by atoms with Crippen molar-refractivity contribution in [3.8, 4) is 6.07 Å². The molecule has 0 bridgehead atoms. The first-order chi connectivity index (χ1) is 20.1. The monoisotopic (exact) mass is 586 g/mol. The number of fused-ring (bicyclic) bond motifs is 3. The number of halogens is 1. The van der Waals surface area contributed by atoms with E-state index in [9.17, 15) is 0 Å². The zero-order valence-electron chi connectivity index (χ0n) is 22.7. The van der Waals surface area contributed by atoms with Crippen LogP contribution in [0.4, 0.5) is 28.8 Å². The standard InChI is InChI=1S/C14H11ClN4.C14H14N6.H4N2.H2O/c15-14-12(7-16)17-8-13(19-14)18-11-6-2-4-9-3-1-5-10(9)11;15-13-12-14(20-19-13)18-11(7-16-12)17-10-6-2-4-8-3-1-5-9(8)10;1-2;/h2,4,6,8H,1,3,5H2,(H,18,19);2,4,6-7H,1,3,5H2,(H4,15,17,18,19,20);1-2H2;1H2. The molecule has 2 aromatic carbocycles. The third-order valence-electron chi connectivity index (χ3n) is 6.94. The van der Waals surface area contributed by atoms with E-state index in [0.29, 0.717) is 28.6 Å². The lowest BCUT2D eigenvalue weighted by Gasteiger charge is -2.10. The largest absolute Gasteiger partial charge is 0.412 e. The minimum absolute atomic E-state index is 0. The lowest BCUT2D eigenvalue weighted by Crippen LogP contribution is -2.02. The van der Waals surface area contributed by atoms with Crippen molar-refractivity contribution in [2.24, 2.45) is 11.7 Å². The van der Waals surface area contributed by atoms with Gasteiger partial charge in [0.1, 0.15) is 11.9 Å². The number of nitrogens with one attached hydrogen (secondary N) is 3.